The molecule has 0 spiro atoms. The van der Waals surface area contributed by atoms with Crippen LogP contribution in [0.5, 0.6) is 0 Å². The number of hydrogen-bond donors (Lipinski definition) is 1. The average Bonchev–Trinajstić information content (AvgIpc) is 3.07. The Morgan fingerprint density at radius 1 is 1.21 bits per heavy atom. The van der Waals surface area contributed by atoms with Gasteiger partial charge in [0.2, 0.25) is 5.78 Å². The smallest absolute Gasteiger partial charge is 0.277 e. The van der Waals surface area contributed by atoms with E-state index in [9.17, 15) is 4.79 Å². The molecular weight excluding hydrogens is 308 g/mol. The zero-order valence-corrected chi connectivity index (χ0v) is 12.9. The molecule has 8 nitrogen and oxygen atoms in total. The van der Waals surface area contributed by atoms with Crippen LogP contribution in [-0.2, 0) is 4.74 Å². The van der Waals surface area contributed by atoms with E-state index in [0.717, 1.165) is 32.0 Å². The van der Waals surface area contributed by atoms with Gasteiger partial charge in [0, 0.05) is 31.7 Å². The second-order valence-electron chi connectivity index (χ2n) is 5.41. The molecule has 1 N–H and O–H groups in total. The van der Waals surface area contributed by atoms with Crippen molar-refractivity contribution in [2.75, 3.05) is 36.5 Å². The maximum absolute atomic E-state index is 12.3. The van der Waals surface area contributed by atoms with Gasteiger partial charge >= 0.3 is 0 Å². The van der Waals surface area contributed by atoms with E-state index in [0.29, 0.717) is 17.3 Å². The topological polar surface area (TPSA) is 84.7 Å². The Labute approximate surface area is 138 Å². The van der Waals surface area contributed by atoms with E-state index in [2.05, 4.69) is 25.2 Å². The van der Waals surface area contributed by atoms with Crippen LogP contribution in [0.1, 0.15) is 10.5 Å². The van der Waals surface area contributed by atoms with Gasteiger partial charge in [0.15, 0.2) is 0 Å². The van der Waals surface area contributed by atoms with Crippen LogP contribution < -0.4 is 10.2 Å². The van der Waals surface area contributed by atoms with Gasteiger partial charge in [0.25, 0.3) is 5.91 Å². The first-order valence-corrected chi connectivity index (χ1v) is 7.69. The van der Waals surface area contributed by atoms with Gasteiger partial charge in [-0.25, -0.2) is 15.0 Å². The number of ether oxygens (including phenoxy) is 1. The molecule has 0 bridgehead atoms. The van der Waals surface area contributed by atoms with Crippen molar-refractivity contribution >= 4 is 23.2 Å². The van der Waals surface area contributed by atoms with E-state index in [1.807, 2.05) is 6.07 Å². The Balaban J connectivity index is 1.47. The predicted molar refractivity (Wildman–Crippen MR) is 88.2 cm³/mol. The van der Waals surface area contributed by atoms with Crippen molar-refractivity contribution in [1.29, 1.82) is 0 Å². The van der Waals surface area contributed by atoms with Gasteiger partial charge in [-0.2, -0.15) is 0 Å². The van der Waals surface area contributed by atoms with Crippen LogP contribution in [0.2, 0.25) is 0 Å². The lowest BCUT2D eigenvalue weighted by atomic mass is 10.3. The largest absolute Gasteiger partial charge is 0.378 e. The summed E-state index contributed by atoms with van der Waals surface area (Å²) in [6.45, 7) is 3.14. The minimum atomic E-state index is -0.313. The van der Waals surface area contributed by atoms with E-state index in [4.69, 9.17) is 4.74 Å². The van der Waals surface area contributed by atoms with Crippen molar-refractivity contribution in [3.05, 3.63) is 48.7 Å². The molecule has 1 aliphatic heterocycles. The lowest BCUT2D eigenvalue weighted by Gasteiger charge is -2.28. The number of fused-ring (bicyclic) bond motifs is 1. The highest BCUT2D eigenvalue weighted by atomic mass is 16.5. The third kappa shape index (κ3) is 2.91. The average molecular weight is 324 g/mol. The molecule has 4 heterocycles. The second-order valence-corrected chi connectivity index (χ2v) is 5.41. The van der Waals surface area contributed by atoms with Crippen molar-refractivity contribution in [3.63, 3.8) is 0 Å². The van der Waals surface area contributed by atoms with Crippen LogP contribution in [0.15, 0.2) is 43.0 Å². The number of carbonyl (C=O) groups is 1. The van der Waals surface area contributed by atoms with E-state index >= 15 is 0 Å². The summed E-state index contributed by atoms with van der Waals surface area (Å²) in [4.78, 5) is 27.1. The minimum Gasteiger partial charge on any atom is -0.378 e. The molecule has 0 saturated carbocycles. The van der Waals surface area contributed by atoms with Gasteiger partial charge in [-0.05, 0) is 18.2 Å². The van der Waals surface area contributed by atoms with Crippen molar-refractivity contribution in [1.82, 2.24) is 19.4 Å². The van der Waals surface area contributed by atoms with Crippen LogP contribution in [0, 0.1) is 0 Å². The Bertz CT molecular complexity index is 821. The third-order valence-corrected chi connectivity index (χ3v) is 3.83. The number of morpholine rings is 1. The van der Waals surface area contributed by atoms with Crippen LogP contribution in [0.4, 0.5) is 11.5 Å². The van der Waals surface area contributed by atoms with Gasteiger partial charge in [0.05, 0.1) is 25.1 Å². The Morgan fingerprint density at radius 3 is 2.83 bits per heavy atom. The normalized spacial score (nSPS) is 14.8. The Morgan fingerprint density at radius 2 is 2.08 bits per heavy atom. The van der Waals surface area contributed by atoms with Crippen LogP contribution in [0.25, 0.3) is 5.78 Å². The molecule has 1 saturated heterocycles. The fourth-order valence-corrected chi connectivity index (χ4v) is 2.59. The molecule has 3 aromatic heterocycles. The van der Waals surface area contributed by atoms with Gasteiger partial charge < -0.3 is 15.0 Å². The lowest BCUT2D eigenvalue weighted by Crippen LogP contribution is -2.36. The van der Waals surface area contributed by atoms with Crippen molar-refractivity contribution in [2.24, 2.45) is 0 Å². The van der Waals surface area contributed by atoms with Crippen molar-refractivity contribution in [3.8, 4) is 0 Å². The van der Waals surface area contributed by atoms with E-state index in [1.54, 1.807) is 41.3 Å². The monoisotopic (exact) mass is 324 g/mol. The number of imidazole rings is 1. The molecule has 3 aromatic rings. The quantitative estimate of drug-likeness (QED) is 0.779. The van der Waals surface area contributed by atoms with Crippen molar-refractivity contribution < 1.29 is 9.53 Å². The number of aromatic nitrogens is 4. The fraction of sp³-hybridized carbons (Fsp3) is 0.250. The van der Waals surface area contributed by atoms with Gasteiger partial charge in [-0.15, -0.1) is 0 Å². The Kier molecular flexibility index (Phi) is 3.80. The van der Waals surface area contributed by atoms with Crippen LogP contribution in [-0.4, -0.2) is 51.6 Å². The summed E-state index contributed by atoms with van der Waals surface area (Å²) in [6.07, 6.45) is 6.82. The maximum atomic E-state index is 12.3. The number of pyridine rings is 1. The second kappa shape index (κ2) is 6.25. The highest BCUT2D eigenvalue weighted by Gasteiger charge is 2.14. The first-order chi connectivity index (χ1) is 11.8. The molecule has 24 heavy (non-hydrogen) atoms. The molecule has 122 valence electrons. The number of hydrogen-bond acceptors (Lipinski definition) is 6. The maximum Gasteiger partial charge on any atom is 0.277 e. The minimum absolute atomic E-state index is 0.299. The Hall–Kier alpha value is -3.00. The molecule has 0 radical (unpaired) electrons. The number of rotatable bonds is 3. The van der Waals surface area contributed by atoms with E-state index < -0.39 is 0 Å². The first kappa shape index (κ1) is 14.6. The zero-order chi connectivity index (χ0) is 16.4. The molecule has 0 unspecified atom stereocenters. The zero-order valence-electron chi connectivity index (χ0n) is 12.9. The third-order valence-electron chi connectivity index (χ3n) is 3.83. The first-order valence-electron chi connectivity index (χ1n) is 7.69. The lowest BCUT2D eigenvalue weighted by molar-refractivity contribution is 0.102. The summed E-state index contributed by atoms with van der Waals surface area (Å²) < 4.78 is 7.04. The number of nitrogens with one attached hydrogen (secondary N) is 1. The highest BCUT2D eigenvalue weighted by molar-refractivity contribution is 6.02. The van der Waals surface area contributed by atoms with E-state index in [-0.39, 0.29) is 5.91 Å². The molecule has 4 rings (SSSR count). The molecule has 0 aromatic carbocycles. The summed E-state index contributed by atoms with van der Waals surface area (Å²) in [5.74, 6) is 0.660. The van der Waals surface area contributed by atoms with E-state index in [1.165, 1.54) is 0 Å². The van der Waals surface area contributed by atoms with Crippen LogP contribution >= 0.6 is 0 Å². The molecule has 1 aliphatic rings. The summed E-state index contributed by atoms with van der Waals surface area (Å²) in [6, 6.07) is 5.51. The molecular formula is C16H16N6O2. The number of nitrogens with zero attached hydrogens (tertiary/aromatic N) is 5. The SMILES string of the molecule is O=C(Nc1ccc(N2CCOCC2)cn1)c1cn2cccnc2n1. The van der Waals surface area contributed by atoms with Crippen molar-refractivity contribution in [2.45, 2.75) is 0 Å². The number of amides is 1. The van der Waals surface area contributed by atoms with Gasteiger partial charge in [0.1, 0.15) is 11.5 Å². The fourth-order valence-electron chi connectivity index (χ4n) is 2.59. The molecule has 8 heteroatoms. The number of carbonyl (C=O) groups excluding carboxylic acids is 1. The summed E-state index contributed by atoms with van der Waals surface area (Å²) in [5.41, 5.74) is 1.32. The molecule has 1 fully saturated rings. The number of anilines is 2. The summed E-state index contributed by atoms with van der Waals surface area (Å²) >= 11 is 0. The van der Waals surface area contributed by atoms with Gasteiger partial charge in [-0.1, -0.05) is 0 Å². The standard InChI is InChI=1S/C16H16N6O2/c23-15(13-11-22-5-1-4-17-16(22)19-13)20-14-3-2-12(10-18-14)21-6-8-24-9-7-21/h1-5,10-11H,6-9H2,(H,18,20,23). The van der Waals surface area contributed by atoms with Gasteiger partial charge in [-0.3, -0.25) is 9.20 Å². The molecule has 1 amide bonds. The molecule has 0 atom stereocenters. The van der Waals surface area contributed by atoms with Crippen LogP contribution in [0.3, 0.4) is 0 Å². The summed E-state index contributed by atoms with van der Waals surface area (Å²) in [5, 5.41) is 2.75. The highest BCUT2D eigenvalue weighted by Crippen LogP contribution is 2.17. The predicted octanol–water partition coefficient (Wildman–Crippen LogP) is 1.21. The molecule has 0 aliphatic carbocycles. The summed E-state index contributed by atoms with van der Waals surface area (Å²) in [7, 11) is 0.